The Kier molecular flexibility index (Phi) is 4.46. The summed E-state index contributed by atoms with van der Waals surface area (Å²) >= 11 is 12.6. The summed E-state index contributed by atoms with van der Waals surface area (Å²) in [6.07, 6.45) is 0. The van der Waals surface area contributed by atoms with Gasteiger partial charge in [-0.1, -0.05) is 35.3 Å². The first-order valence-corrected chi connectivity index (χ1v) is 9.16. The Morgan fingerprint density at radius 3 is 2.48 bits per heavy atom. The maximum atomic E-state index is 11.5. The summed E-state index contributed by atoms with van der Waals surface area (Å²) in [6, 6.07) is 11.3. The second-order valence-electron chi connectivity index (χ2n) is 6.83. The van der Waals surface area contributed by atoms with Gasteiger partial charge in [-0.25, -0.2) is 0 Å². The third-order valence-corrected chi connectivity index (χ3v) is 5.52. The van der Waals surface area contributed by atoms with Crippen molar-refractivity contribution in [3.8, 4) is 5.75 Å². The average Bonchev–Trinajstić information content (AvgIpc) is 2.66. The molecule has 0 bridgehead atoms. The van der Waals surface area contributed by atoms with Crippen molar-refractivity contribution in [1.29, 1.82) is 0 Å². The average molecular weight is 403 g/mol. The van der Waals surface area contributed by atoms with Gasteiger partial charge in [0.05, 0.1) is 0 Å². The molecule has 0 saturated heterocycles. The first-order valence-electron chi connectivity index (χ1n) is 8.40. The molecule has 0 spiro atoms. The van der Waals surface area contributed by atoms with Crippen LogP contribution in [0.3, 0.4) is 0 Å². The smallest absolute Gasteiger partial charge is 0.271 e. The Labute approximate surface area is 165 Å². The molecule has 5 nitrogen and oxygen atoms in total. The quantitative estimate of drug-likeness (QED) is 0.654. The second-order valence-corrected chi connectivity index (χ2v) is 7.68. The highest BCUT2D eigenvalue weighted by Gasteiger charge is 2.27. The van der Waals surface area contributed by atoms with E-state index in [4.69, 9.17) is 23.2 Å². The number of benzene rings is 2. The van der Waals surface area contributed by atoms with Crippen LogP contribution >= 0.6 is 23.2 Å². The zero-order valence-corrected chi connectivity index (χ0v) is 15.9. The van der Waals surface area contributed by atoms with Crippen LogP contribution in [0.25, 0.3) is 0 Å². The van der Waals surface area contributed by atoms with Gasteiger partial charge >= 0.3 is 0 Å². The number of hydrogen-bond acceptors (Lipinski definition) is 5. The van der Waals surface area contributed by atoms with Gasteiger partial charge in [0.25, 0.3) is 10.9 Å². The van der Waals surface area contributed by atoms with E-state index in [9.17, 15) is 14.7 Å². The molecule has 2 N–H and O–H groups in total. The fraction of sp³-hybridized carbons (Fsp3) is 0.200. The molecule has 3 aromatic carbocycles. The van der Waals surface area contributed by atoms with Crippen LogP contribution in [-0.4, -0.2) is 23.6 Å². The predicted octanol–water partition coefficient (Wildman–Crippen LogP) is 3.62. The van der Waals surface area contributed by atoms with Crippen molar-refractivity contribution >= 4 is 34.6 Å². The van der Waals surface area contributed by atoms with Crippen LogP contribution in [0.2, 0.25) is 10.0 Å². The van der Waals surface area contributed by atoms with Crippen LogP contribution in [0.15, 0.2) is 46.0 Å². The number of rotatable bonds is 3. The largest absolute Gasteiger partial charge is 0.502 e. The maximum absolute atomic E-state index is 11.5. The van der Waals surface area contributed by atoms with Gasteiger partial charge in [0.1, 0.15) is 5.69 Å². The van der Waals surface area contributed by atoms with E-state index < -0.39 is 16.6 Å². The van der Waals surface area contributed by atoms with Gasteiger partial charge in [0.15, 0.2) is 5.75 Å². The molecule has 7 heteroatoms. The summed E-state index contributed by atoms with van der Waals surface area (Å²) in [5.41, 5.74) is 2.28. The van der Waals surface area contributed by atoms with Crippen molar-refractivity contribution in [1.82, 2.24) is 4.90 Å². The van der Waals surface area contributed by atoms with Crippen molar-refractivity contribution in [2.75, 3.05) is 18.9 Å². The molecule has 0 aromatic heterocycles. The van der Waals surface area contributed by atoms with E-state index in [1.54, 1.807) is 6.07 Å². The Balaban J connectivity index is 1.65. The second kappa shape index (κ2) is 6.68. The molecular formula is C20H16Cl2N2O3. The van der Waals surface area contributed by atoms with Gasteiger partial charge in [-0.3, -0.25) is 9.59 Å². The van der Waals surface area contributed by atoms with E-state index in [1.165, 1.54) is 0 Å². The number of nitrogens with one attached hydrogen (secondary N) is 1. The van der Waals surface area contributed by atoms with Crippen LogP contribution in [0.5, 0.6) is 5.75 Å². The molecule has 1 atom stereocenters. The van der Waals surface area contributed by atoms with E-state index in [1.807, 2.05) is 37.4 Å². The number of fused-ring (bicyclic) bond motifs is 1. The lowest BCUT2D eigenvalue weighted by Gasteiger charge is -2.33. The molecule has 1 unspecified atom stereocenters. The number of anilines is 2. The zero-order valence-electron chi connectivity index (χ0n) is 14.4. The highest BCUT2D eigenvalue weighted by molar-refractivity contribution is 6.35. The molecule has 0 amide bonds. The minimum absolute atomic E-state index is 0.0611. The summed E-state index contributed by atoms with van der Waals surface area (Å²) in [6.45, 7) is 1.60. The Hall–Kier alpha value is -2.34. The molecular weight excluding hydrogens is 387 g/mol. The number of nitrogens with zero attached hydrogens (tertiary/aromatic N) is 1. The minimum atomic E-state index is -0.857. The van der Waals surface area contributed by atoms with Crippen molar-refractivity contribution < 1.29 is 5.11 Å². The molecule has 1 aliphatic rings. The summed E-state index contributed by atoms with van der Waals surface area (Å²) in [5, 5.41) is 13.5. The third-order valence-electron chi connectivity index (χ3n) is 4.96. The van der Waals surface area contributed by atoms with E-state index in [2.05, 4.69) is 10.2 Å². The fourth-order valence-electron chi connectivity index (χ4n) is 3.57. The fourth-order valence-corrected chi connectivity index (χ4v) is 4.14. The normalized spacial score (nSPS) is 17.1. The third kappa shape index (κ3) is 3.12. The van der Waals surface area contributed by atoms with E-state index in [0.717, 1.165) is 29.8 Å². The number of halogens is 2. The van der Waals surface area contributed by atoms with Crippen molar-refractivity contribution in [2.24, 2.45) is 0 Å². The summed E-state index contributed by atoms with van der Waals surface area (Å²) < 4.78 is 0. The molecule has 3 aromatic rings. The van der Waals surface area contributed by atoms with Gasteiger partial charge in [0, 0.05) is 34.7 Å². The van der Waals surface area contributed by atoms with Crippen molar-refractivity contribution in [3.05, 3.63) is 83.6 Å². The molecule has 27 heavy (non-hydrogen) atoms. The molecule has 0 aliphatic carbocycles. The summed E-state index contributed by atoms with van der Waals surface area (Å²) in [4.78, 5) is 24.8. The SMILES string of the molecule is CN1Cc2c(Cl)cc(Cl)cc2C(c2ccc(Nc3c(O)c(=O)c3=O)cc2)C1. The van der Waals surface area contributed by atoms with E-state index >= 15 is 0 Å². The highest BCUT2D eigenvalue weighted by Crippen LogP contribution is 2.38. The Morgan fingerprint density at radius 1 is 1.11 bits per heavy atom. The van der Waals surface area contributed by atoms with Gasteiger partial charge in [-0.15, -0.1) is 0 Å². The lowest BCUT2D eigenvalue weighted by molar-refractivity contribution is 0.295. The monoisotopic (exact) mass is 402 g/mol. The molecule has 0 saturated carbocycles. The van der Waals surface area contributed by atoms with Crippen molar-refractivity contribution in [2.45, 2.75) is 12.5 Å². The minimum Gasteiger partial charge on any atom is -0.502 e. The molecule has 1 aliphatic heterocycles. The summed E-state index contributed by atoms with van der Waals surface area (Å²) in [7, 11) is 2.05. The lowest BCUT2D eigenvalue weighted by Crippen LogP contribution is -2.32. The van der Waals surface area contributed by atoms with E-state index in [0.29, 0.717) is 15.7 Å². The van der Waals surface area contributed by atoms with E-state index in [-0.39, 0.29) is 11.6 Å². The molecule has 0 radical (unpaired) electrons. The standard InChI is InChI=1S/C20H16Cl2N2O3/c1-24-8-14(13-6-11(21)7-16(22)15(13)9-24)10-2-4-12(5-3-10)23-17-18(25)20(27)19(17)26/h2-7,14,23,25H,8-9H2,1H3. The van der Waals surface area contributed by atoms with Crippen LogP contribution < -0.4 is 16.2 Å². The zero-order chi connectivity index (χ0) is 19.3. The number of aromatic hydroxyl groups is 1. The molecule has 4 rings (SSSR count). The lowest BCUT2D eigenvalue weighted by atomic mass is 9.84. The van der Waals surface area contributed by atoms with Gasteiger partial charge < -0.3 is 15.3 Å². The topological polar surface area (TPSA) is 69.6 Å². The molecule has 1 heterocycles. The Bertz CT molecular complexity index is 1100. The highest BCUT2D eigenvalue weighted by atomic mass is 35.5. The van der Waals surface area contributed by atoms with Crippen LogP contribution in [0, 0.1) is 0 Å². The number of likely N-dealkylation sites (N-methyl/N-ethyl adjacent to an activating group) is 1. The van der Waals surface area contributed by atoms with Crippen molar-refractivity contribution in [3.63, 3.8) is 0 Å². The van der Waals surface area contributed by atoms with Crippen LogP contribution in [0.1, 0.15) is 22.6 Å². The first kappa shape index (κ1) is 18.0. The van der Waals surface area contributed by atoms with Crippen LogP contribution in [0.4, 0.5) is 11.4 Å². The molecule has 138 valence electrons. The maximum Gasteiger partial charge on any atom is 0.271 e. The molecule has 0 fully saturated rings. The Morgan fingerprint density at radius 2 is 1.81 bits per heavy atom. The van der Waals surface area contributed by atoms with Crippen LogP contribution in [-0.2, 0) is 6.54 Å². The summed E-state index contributed by atoms with van der Waals surface area (Å²) in [5.74, 6) is -0.403. The van der Waals surface area contributed by atoms with Gasteiger partial charge in [-0.05, 0) is 48.0 Å². The number of hydrogen-bond donors (Lipinski definition) is 2. The van der Waals surface area contributed by atoms with Gasteiger partial charge in [-0.2, -0.15) is 0 Å². The first-order chi connectivity index (χ1) is 12.8. The van der Waals surface area contributed by atoms with Gasteiger partial charge in [0.2, 0.25) is 0 Å². The predicted molar refractivity (Wildman–Crippen MR) is 107 cm³/mol.